The normalized spacial score (nSPS) is 18.5. The lowest BCUT2D eigenvalue weighted by Gasteiger charge is -2.35. The Labute approximate surface area is 92.1 Å². The Kier molecular flexibility index (Phi) is 3.37. The fourth-order valence-electron chi connectivity index (χ4n) is 2.35. The number of hydrogen-bond donors (Lipinski definition) is 1. The number of rotatable bonds is 4. The molecule has 0 radical (unpaired) electrons. The molecule has 0 bridgehead atoms. The zero-order valence-corrected chi connectivity index (χ0v) is 9.66. The van der Waals surface area contributed by atoms with Crippen molar-refractivity contribution in [3.63, 3.8) is 0 Å². The summed E-state index contributed by atoms with van der Waals surface area (Å²) in [5.41, 5.74) is 2.57. The van der Waals surface area contributed by atoms with Crippen LogP contribution in [-0.2, 0) is 0 Å². The van der Waals surface area contributed by atoms with Crippen LogP contribution in [0.5, 0.6) is 0 Å². The summed E-state index contributed by atoms with van der Waals surface area (Å²) in [6.45, 7) is 5.32. The highest BCUT2D eigenvalue weighted by molar-refractivity contribution is 5.23. The third-order valence-corrected chi connectivity index (χ3v) is 3.43. The molecule has 0 aromatic carbocycles. The molecule has 1 aromatic heterocycles. The average Bonchev–Trinajstić information content (AvgIpc) is 2.15. The molecule has 2 rings (SSSR count). The lowest BCUT2D eigenvalue weighted by molar-refractivity contribution is 0.232. The van der Waals surface area contributed by atoms with E-state index in [4.69, 9.17) is 0 Å². The predicted octanol–water partition coefficient (Wildman–Crippen LogP) is 2.84. The summed E-state index contributed by atoms with van der Waals surface area (Å²) in [5.74, 6) is 0.827. The molecule has 1 saturated carbocycles. The van der Waals surface area contributed by atoms with E-state index in [1.807, 2.05) is 12.3 Å². The number of nitrogens with one attached hydrogen (secondary N) is 1. The van der Waals surface area contributed by atoms with Crippen LogP contribution in [0.3, 0.4) is 0 Å². The average molecular weight is 204 g/mol. The van der Waals surface area contributed by atoms with Gasteiger partial charge < -0.3 is 5.32 Å². The summed E-state index contributed by atoms with van der Waals surface area (Å²) in [5, 5.41) is 3.60. The zero-order chi connectivity index (χ0) is 10.7. The molecule has 2 nitrogen and oxygen atoms in total. The van der Waals surface area contributed by atoms with E-state index in [9.17, 15) is 0 Å². The van der Waals surface area contributed by atoms with Gasteiger partial charge in [0.25, 0.3) is 0 Å². The van der Waals surface area contributed by atoms with Gasteiger partial charge in [0, 0.05) is 17.9 Å². The van der Waals surface area contributed by atoms with E-state index in [1.54, 1.807) is 0 Å². The van der Waals surface area contributed by atoms with Gasteiger partial charge in [0.2, 0.25) is 0 Å². The Bertz CT molecular complexity index is 318. The van der Waals surface area contributed by atoms with Gasteiger partial charge >= 0.3 is 0 Å². The zero-order valence-electron chi connectivity index (χ0n) is 9.66. The maximum atomic E-state index is 4.38. The van der Waals surface area contributed by atoms with Crippen LogP contribution in [0.4, 0.5) is 0 Å². The minimum Gasteiger partial charge on any atom is -0.310 e. The second-order valence-electron chi connectivity index (χ2n) is 4.40. The van der Waals surface area contributed by atoms with E-state index in [-0.39, 0.29) is 0 Å². The van der Waals surface area contributed by atoms with Gasteiger partial charge in [-0.15, -0.1) is 0 Å². The molecule has 1 aliphatic rings. The van der Waals surface area contributed by atoms with Gasteiger partial charge in [0.1, 0.15) is 0 Å². The number of pyridine rings is 1. The molecule has 0 saturated heterocycles. The van der Waals surface area contributed by atoms with E-state index in [0.29, 0.717) is 6.04 Å². The van der Waals surface area contributed by atoms with Crippen LogP contribution in [0.2, 0.25) is 0 Å². The van der Waals surface area contributed by atoms with Gasteiger partial charge in [-0.05, 0) is 43.9 Å². The second-order valence-corrected chi connectivity index (χ2v) is 4.40. The van der Waals surface area contributed by atoms with Gasteiger partial charge in [-0.3, -0.25) is 4.98 Å². The summed E-state index contributed by atoms with van der Waals surface area (Å²) in [6.07, 6.45) is 6.01. The van der Waals surface area contributed by atoms with Crippen molar-refractivity contribution in [2.75, 3.05) is 6.54 Å². The first-order valence-corrected chi connectivity index (χ1v) is 5.97. The summed E-state index contributed by atoms with van der Waals surface area (Å²) < 4.78 is 0. The first-order chi connectivity index (χ1) is 7.33. The minimum absolute atomic E-state index is 0.525. The highest BCUT2D eigenvalue weighted by atomic mass is 14.9. The molecule has 15 heavy (non-hydrogen) atoms. The predicted molar refractivity (Wildman–Crippen MR) is 62.7 cm³/mol. The van der Waals surface area contributed by atoms with E-state index < -0.39 is 0 Å². The van der Waals surface area contributed by atoms with Gasteiger partial charge in [-0.1, -0.05) is 19.4 Å². The Morgan fingerprint density at radius 3 is 2.87 bits per heavy atom. The topological polar surface area (TPSA) is 24.9 Å². The molecule has 1 N–H and O–H groups in total. The van der Waals surface area contributed by atoms with E-state index >= 15 is 0 Å². The van der Waals surface area contributed by atoms with Crippen LogP contribution in [0.15, 0.2) is 18.3 Å². The van der Waals surface area contributed by atoms with E-state index in [2.05, 4.69) is 30.2 Å². The largest absolute Gasteiger partial charge is 0.310 e. The molecule has 0 amide bonds. The van der Waals surface area contributed by atoms with Crippen molar-refractivity contribution in [2.24, 2.45) is 5.92 Å². The smallest absolute Gasteiger partial charge is 0.0420 e. The van der Waals surface area contributed by atoms with Gasteiger partial charge in [-0.2, -0.15) is 0 Å². The Balaban J connectivity index is 2.19. The van der Waals surface area contributed by atoms with Crippen molar-refractivity contribution in [1.29, 1.82) is 0 Å². The molecule has 82 valence electrons. The van der Waals surface area contributed by atoms with Crippen molar-refractivity contribution >= 4 is 0 Å². The molecule has 1 atom stereocenters. The fourth-order valence-corrected chi connectivity index (χ4v) is 2.35. The molecule has 0 spiro atoms. The number of nitrogens with zero attached hydrogens (tertiary/aromatic N) is 1. The monoisotopic (exact) mass is 204 g/mol. The fraction of sp³-hybridized carbons (Fsp3) is 0.615. The number of aromatic nitrogens is 1. The van der Waals surface area contributed by atoms with Crippen LogP contribution in [-0.4, -0.2) is 11.5 Å². The molecular formula is C13H20N2. The van der Waals surface area contributed by atoms with Crippen LogP contribution < -0.4 is 5.32 Å². The summed E-state index contributed by atoms with van der Waals surface area (Å²) >= 11 is 0. The maximum absolute atomic E-state index is 4.38. The highest BCUT2D eigenvalue weighted by Gasteiger charge is 2.28. The minimum atomic E-state index is 0.525. The third-order valence-electron chi connectivity index (χ3n) is 3.43. The maximum Gasteiger partial charge on any atom is 0.0420 e. The molecule has 1 heterocycles. The Morgan fingerprint density at radius 1 is 1.53 bits per heavy atom. The molecule has 1 fully saturated rings. The highest BCUT2D eigenvalue weighted by Crippen LogP contribution is 2.38. The third kappa shape index (κ3) is 2.20. The van der Waals surface area contributed by atoms with Crippen molar-refractivity contribution in [3.8, 4) is 0 Å². The van der Waals surface area contributed by atoms with Gasteiger partial charge in [-0.25, -0.2) is 0 Å². The Morgan fingerprint density at radius 2 is 2.33 bits per heavy atom. The molecule has 1 aliphatic carbocycles. The molecule has 0 aliphatic heterocycles. The van der Waals surface area contributed by atoms with Gasteiger partial charge in [0.15, 0.2) is 0 Å². The molecule has 1 unspecified atom stereocenters. The van der Waals surface area contributed by atoms with Crippen LogP contribution in [0, 0.1) is 12.8 Å². The quantitative estimate of drug-likeness (QED) is 0.815. The first kappa shape index (κ1) is 10.6. The summed E-state index contributed by atoms with van der Waals surface area (Å²) in [4.78, 5) is 4.38. The summed E-state index contributed by atoms with van der Waals surface area (Å²) in [7, 11) is 0. The second kappa shape index (κ2) is 4.75. The number of aryl methyl sites for hydroxylation is 1. The van der Waals surface area contributed by atoms with Crippen molar-refractivity contribution in [2.45, 2.75) is 39.2 Å². The van der Waals surface area contributed by atoms with Crippen molar-refractivity contribution in [3.05, 3.63) is 29.6 Å². The Hall–Kier alpha value is -0.890. The van der Waals surface area contributed by atoms with Crippen LogP contribution >= 0.6 is 0 Å². The molecular weight excluding hydrogens is 184 g/mol. The number of hydrogen-bond acceptors (Lipinski definition) is 2. The first-order valence-electron chi connectivity index (χ1n) is 5.97. The van der Waals surface area contributed by atoms with Gasteiger partial charge in [0.05, 0.1) is 0 Å². The lowest BCUT2D eigenvalue weighted by Crippen LogP contribution is -2.32. The van der Waals surface area contributed by atoms with Crippen LogP contribution in [0.25, 0.3) is 0 Å². The molecule has 2 heteroatoms. The molecule has 1 aromatic rings. The van der Waals surface area contributed by atoms with Crippen LogP contribution in [0.1, 0.15) is 43.5 Å². The van der Waals surface area contributed by atoms with E-state index in [1.165, 1.54) is 30.5 Å². The van der Waals surface area contributed by atoms with Crippen molar-refractivity contribution < 1.29 is 0 Å². The SMILES string of the molecule is CCNC(c1cccnc1C)C1CCC1. The standard InChI is InChI=1S/C13H20N2/c1-3-14-13(11-6-4-7-11)12-8-5-9-15-10(12)2/h5,8-9,11,13-14H,3-4,6-7H2,1-2H3. The van der Waals surface area contributed by atoms with E-state index in [0.717, 1.165) is 12.5 Å². The van der Waals surface area contributed by atoms with Crippen molar-refractivity contribution in [1.82, 2.24) is 10.3 Å². The lowest BCUT2D eigenvalue weighted by atomic mass is 9.77. The summed E-state index contributed by atoms with van der Waals surface area (Å²) in [6, 6.07) is 4.79.